The number of furan rings is 1. The van der Waals surface area contributed by atoms with Crippen molar-refractivity contribution in [2.45, 2.75) is 0 Å². The van der Waals surface area contributed by atoms with E-state index in [1.165, 1.54) is 87.5 Å². The molecule has 3 nitrogen and oxygen atoms in total. The number of para-hydroxylation sites is 2. The molecule has 0 atom stereocenters. The fourth-order valence-corrected chi connectivity index (χ4v) is 12.7. The van der Waals surface area contributed by atoms with Crippen LogP contribution >= 0.6 is 0 Å². The minimum Gasteiger partial charge on any atom is -0.455 e. The number of rotatable bonds is 8. The molecule has 2 aromatic heterocycles. The highest BCUT2D eigenvalue weighted by Crippen LogP contribution is 2.50. The summed E-state index contributed by atoms with van der Waals surface area (Å²) in [7, 11) is 0. The van der Waals surface area contributed by atoms with Gasteiger partial charge in [-0.15, -0.1) is 0 Å². The van der Waals surface area contributed by atoms with Gasteiger partial charge in [-0.3, -0.25) is 0 Å². The molecule has 0 aliphatic carbocycles. The van der Waals surface area contributed by atoms with Crippen LogP contribution in [0.4, 0.5) is 17.1 Å². The van der Waals surface area contributed by atoms with E-state index in [4.69, 9.17) is 4.42 Å². The van der Waals surface area contributed by atoms with Gasteiger partial charge in [0.25, 0.3) is 0 Å². The Morgan fingerprint density at radius 3 is 1.66 bits per heavy atom. The smallest absolute Gasteiger partial charge is 0.145 e. The Morgan fingerprint density at radius 2 is 0.823 bits per heavy atom. The lowest BCUT2D eigenvalue weighted by molar-refractivity contribution is 0.670. The quantitative estimate of drug-likeness (QED) is 0.151. The number of benzene rings is 14. The fraction of sp³-hybridized carbons (Fsp3) is 0. The second-order valence-corrected chi connectivity index (χ2v) is 20.7. The molecule has 16 rings (SSSR count). The normalized spacial score (nSPS) is 11.8. The van der Waals surface area contributed by atoms with Gasteiger partial charge in [-0.2, -0.15) is 0 Å². The van der Waals surface area contributed by atoms with Crippen LogP contribution in [0.15, 0.2) is 296 Å². The van der Waals surface area contributed by atoms with Crippen molar-refractivity contribution < 1.29 is 4.42 Å². The molecule has 3 heteroatoms. The van der Waals surface area contributed by atoms with Gasteiger partial charge in [-0.25, -0.2) is 0 Å². The van der Waals surface area contributed by atoms with Crippen molar-refractivity contribution in [3.8, 4) is 50.2 Å². The SMILES string of the molecule is c1cc(-c2ccc(N(c3ccc(-c4cccc5c4c4ccccc4n5-c4cccc5ccccc45)c4ccccc34)c3ccc(-c4cccc5ccccc45)c4oc5ccccc5c34)cc2)cc(-c2ccc3ccccc3c2)c1. The molecule has 0 spiro atoms. The molecule has 14 aromatic carbocycles. The van der Waals surface area contributed by atoms with Crippen LogP contribution in [0.5, 0.6) is 0 Å². The number of aromatic nitrogens is 1. The number of hydrogen-bond donors (Lipinski definition) is 0. The maximum Gasteiger partial charge on any atom is 0.145 e. The molecule has 0 N–H and O–H groups in total. The first kappa shape index (κ1) is 44.8. The van der Waals surface area contributed by atoms with Crippen LogP contribution in [0.25, 0.3) is 137 Å². The van der Waals surface area contributed by atoms with Crippen molar-refractivity contribution in [2.75, 3.05) is 4.90 Å². The first-order chi connectivity index (χ1) is 39.2. The first-order valence-corrected chi connectivity index (χ1v) is 27.1. The fourth-order valence-electron chi connectivity index (χ4n) is 12.7. The molecule has 0 amide bonds. The highest BCUT2D eigenvalue weighted by atomic mass is 16.3. The summed E-state index contributed by atoms with van der Waals surface area (Å²) in [4.78, 5) is 2.46. The topological polar surface area (TPSA) is 21.3 Å². The number of nitrogens with zero attached hydrogens (tertiary/aromatic N) is 2. The van der Waals surface area contributed by atoms with Crippen LogP contribution in [-0.2, 0) is 0 Å². The Balaban J connectivity index is 0.910. The standard InChI is InChI=1S/C76H48N2O/c1-2-20-53-48-56(38-37-49(53)17-1)55-24-13-23-54(47-55)50-39-41-57(42-40-50)77(72-46-44-65(60-31-14-21-51-18-3-5-25-58(51)60)76-75(72)67-30-10-12-36-73(67)79-76)70-45-43-62(61-27-7-8-28-63(61)70)64-32-16-35-71-74(64)66-29-9-11-33-69(66)78(71)68-34-15-22-52-19-4-6-26-59(52)68/h1-48H. The Hall–Kier alpha value is -10.5. The zero-order valence-electron chi connectivity index (χ0n) is 43.0. The van der Waals surface area contributed by atoms with Crippen LogP contribution in [0.1, 0.15) is 0 Å². The van der Waals surface area contributed by atoms with Gasteiger partial charge in [0.1, 0.15) is 11.2 Å². The molecule has 16 aromatic rings. The van der Waals surface area contributed by atoms with Gasteiger partial charge in [-0.05, 0) is 138 Å². The second-order valence-electron chi connectivity index (χ2n) is 20.7. The minimum absolute atomic E-state index is 0.851. The molecule has 0 radical (unpaired) electrons. The van der Waals surface area contributed by atoms with Crippen molar-refractivity contribution in [2.24, 2.45) is 0 Å². The molecule has 0 saturated carbocycles. The van der Waals surface area contributed by atoms with Crippen LogP contribution in [0, 0.1) is 0 Å². The number of fused-ring (bicyclic) bond motifs is 10. The molecule has 0 unspecified atom stereocenters. The first-order valence-electron chi connectivity index (χ1n) is 27.1. The van der Waals surface area contributed by atoms with E-state index in [-0.39, 0.29) is 0 Å². The summed E-state index contributed by atoms with van der Waals surface area (Å²) in [5, 5.41) is 14.2. The van der Waals surface area contributed by atoms with Gasteiger partial charge >= 0.3 is 0 Å². The predicted octanol–water partition coefficient (Wildman–Crippen LogP) is 21.4. The molecule has 0 aliphatic heterocycles. The molecule has 0 fully saturated rings. The minimum atomic E-state index is 0.851. The molecule has 2 heterocycles. The van der Waals surface area contributed by atoms with E-state index in [0.717, 1.165) is 66.6 Å². The Kier molecular flexibility index (Phi) is 10.3. The Bertz CT molecular complexity index is 5090. The monoisotopic (exact) mass is 1000 g/mol. The summed E-state index contributed by atoms with van der Waals surface area (Å²) in [5.74, 6) is 0. The molecule has 0 aliphatic rings. The Morgan fingerprint density at radius 1 is 0.278 bits per heavy atom. The summed E-state index contributed by atoms with van der Waals surface area (Å²) in [6.07, 6.45) is 0. The van der Waals surface area contributed by atoms with Crippen molar-refractivity contribution in [1.82, 2.24) is 4.57 Å². The lowest BCUT2D eigenvalue weighted by atomic mass is 9.92. The van der Waals surface area contributed by atoms with Gasteiger partial charge in [0.15, 0.2) is 0 Å². The molecule has 368 valence electrons. The highest BCUT2D eigenvalue weighted by molar-refractivity contribution is 6.22. The van der Waals surface area contributed by atoms with E-state index in [1.54, 1.807) is 0 Å². The lowest BCUT2D eigenvalue weighted by Crippen LogP contribution is -2.11. The largest absolute Gasteiger partial charge is 0.455 e. The van der Waals surface area contributed by atoms with Gasteiger partial charge in [-0.1, -0.05) is 224 Å². The third-order valence-corrected chi connectivity index (χ3v) is 16.4. The second kappa shape index (κ2) is 18.1. The van der Waals surface area contributed by atoms with E-state index < -0.39 is 0 Å². The van der Waals surface area contributed by atoms with Crippen LogP contribution in [-0.4, -0.2) is 4.57 Å². The summed E-state index contributed by atoms with van der Waals surface area (Å²) >= 11 is 0. The average Bonchev–Trinajstić information content (AvgIpc) is 4.15. The summed E-state index contributed by atoms with van der Waals surface area (Å²) in [5.41, 5.74) is 17.7. The van der Waals surface area contributed by atoms with Crippen molar-refractivity contribution in [3.63, 3.8) is 0 Å². The zero-order chi connectivity index (χ0) is 52.0. The maximum absolute atomic E-state index is 7.07. The molecule has 0 saturated heterocycles. The third-order valence-electron chi connectivity index (χ3n) is 16.4. The van der Waals surface area contributed by atoms with Crippen molar-refractivity contribution >= 4 is 104 Å². The van der Waals surface area contributed by atoms with Crippen molar-refractivity contribution in [1.29, 1.82) is 0 Å². The van der Waals surface area contributed by atoms with E-state index in [1.807, 2.05) is 0 Å². The molecule has 79 heavy (non-hydrogen) atoms. The Labute approximate surface area is 456 Å². The van der Waals surface area contributed by atoms with Gasteiger partial charge in [0, 0.05) is 38.2 Å². The van der Waals surface area contributed by atoms with Crippen molar-refractivity contribution in [3.05, 3.63) is 291 Å². The number of hydrogen-bond acceptors (Lipinski definition) is 2. The van der Waals surface area contributed by atoms with E-state index in [9.17, 15) is 0 Å². The predicted molar refractivity (Wildman–Crippen MR) is 335 cm³/mol. The van der Waals surface area contributed by atoms with Crippen LogP contribution in [0.2, 0.25) is 0 Å². The average molecular weight is 1010 g/mol. The summed E-state index contributed by atoms with van der Waals surface area (Å²) < 4.78 is 9.53. The molecular weight excluding hydrogens is 957 g/mol. The van der Waals surface area contributed by atoms with Crippen LogP contribution in [0.3, 0.4) is 0 Å². The lowest BCUT2D eigenvalue weighted by Gasteiger charge is -2.29. The third kappa shape index (κ3) is 7.21. The maximum atomic E-state index is 7.07. The number of anilines is 3. The van der Waals surface area contributed by atoms with E-state index in [2.05, 4.69) is 301 Å². The molecular formula is C76H48N2O. The highest BCUT2D eigenvalue weighted by Gasteiger charge is 2.26. The van der Waals surface area contributed by atoms with Gasteiger partial charge < -0.3 is 13.9 Å². The van der Waals surface area contributed by atoms with Gasteiger partial charge in [0.2, 0.25) is 0 Å². The molecule has 0 bridgehead atoms. The van der Waals surface area contributed by atoms with E-state index in [0.29, 0.717) is 0 Å². The summed E-state index contributed by atoms with van der Waals surface area (Å²) in [6, 6.07) is 106. The van der Waals surface area contributed by atoms with E-state index >= 15 is 0 Å². The van der Waals surface area contributed by atoms with Gasteiger partial charge in [0.05, 0.1) is 33.5 Å². The zero-order valence-corrected chi connectivity index (χ0v) is 43.0. The van der Waals surface area contributed by atoms with Crippen LogP contribution < -0.4 is 4.90 Å². The summed E-state index contributed by atoms with van der Waals surface area (Å²) in [6.45, 7) is 0.